The van der Waals surface area contributed by atoms with Gasteiger partial charge in [0.15, 0.2) is 5.78 Å². The highest BCUT2D eigenvalue weighted by molar-refractivity contribution is 7.18. The van der Waals surface area contributed by atoms with Crippen molar-refractivity contribution in [2.45, 2.75) is 19.9 Å². The molecule has 0 saturated carbocycles. The van der Waals surface area contributed by atoms with Gasteiger partial charge in [-0.3, -0.25) is 4.79 Å². The molecule has 0 radical (unpaired) electrons. The van der Waals surface area contributed by atoms with Crippen LogP contribution in [0.4, 0.5) is 0 Å². The number of aromatic nitrogens is 4. The Bertz CT molecular complexity index is 794. The number of halogens is 1. The van der Waals surface area contributed by atoms with E-state index in [1.165, 1.54) is 21.7 Å². The van der Waals surface area contributed by atoms with Crippen LogP contribution in [0.3, 0.4) is 0 Å². The maximum atomic E-state index is 12.1. The second kappa shape index (κ2) is 6.37. The molecule has 0 spiro atoms. The molecule has 0 unspecified atom stereocenters. The minimum absolute atomic E-state index is 0.0525. The number of ketones is 1. The third-order valence-corrected chi connectivity index (χ3v) is 4.48. The third kappa shape index (κ3) is 3.23. The van der Waals surface area contributed by atoms with E-state index in [0.29, 0.717) is 15.0 Å². The highest BCUT2D eigenvalue weighted by atomic mass is 35.5. The number of nitrogens with zero attached hydrogens (tertiary/aromatic N) is 4. The number of Topliss-reactive ketones (excluding diaryl/α,β-unsaturated/α-hetero) is 1. The number of tetrazole rings is 1. The molecule has 0 fully saturated rings. The summed E-state index contributed by atoms with van der Waals surface area (Å²) in [5, 5.41) is 12.2. The summed E-state index contributed by atoms with van der Waals surface area (Å²) >= 11 is 7.08. The Kier molecular flexibility index (Phi) is 4.31. The molecule has 0 amide bonds. The van der Waals surface area contributed by atoms with E-state index in [2.05, 4.69) is 22.3 Å². The van der Waals surface area contributed by atoms with Crippen molar-refractivity contribution in [1.82, 2.24) is 20.2 Å². The monoisotopic (exact) mass is 332 g/mol. The first-order valence-electron chi connectivity index (χ1n) is 6.81. The number of aryl methyl sites for hydroxylation is 1. The zero-order valence-electron chi connectivity index (χ0n) is 11.9. The largest absolute Gasteiger partial charge is 0.291 e. The van der Waals surface area contributed by atoms with Crippen molar-refractivity contribution in [3.05, 3.63) is 51.2 Å². The average Bonchev–Trinajstić information content (AvgIpc) is 3.16. The molecule has 3 rings (SSSR count). The fourth-order valence-corrected chi connectivity index (χ4v) is 2.96. The number of hydrogen-bond acceptors (Lipinski definition) is 5. The summed E-state index contributed by atoms with van der Waals surface area (Å²) in [5.74, 6) is 0.432. The van der Waals surface area contributed by atoms with Gasteiger partial charge in [-0.2, -0.15) is 4.80 Å². The first-order valence-corrected chi connectivity index (χ1v) is 8.01. The van der Waals surface area contributed by atoms with E-state index in [1.807, 2.05) is 24.3 Å². The van der Waals surface area contributed by atoms with Crippen LogP contribution in [0.25, 0.3) is 11.4 Å². The highest BCUT2D eigenvalue weighted by Gasteiger charge is 2.13. The van der Waals surface area contributed by atoms with Gasteiger partial charge in [-0.25, -0.2) is 0 Å². The Balaban J connectivity index is 1.74. The van der Waals surface area contributed by atoms with Crippen molar-refractivity contribution in [2.75, 3.05) is 0 Å². The van der Waals surface area contributed by atoms with Crippen molar-refractivity contribution in [1.29, 1.82) is 0 Å². The SMILES string of the molecule is CCc1ccc(-c2nnn(CC(=O)c3ccc(Cl)s3)n2)cc1. The summed E-state index contributed by atoms with van der Waals surface area (Å²) in [7, 11) is 0. The first kappa shape index (κ1) is 14.9. The van der Waals surface area contributed by atoms with Crippen molar-refractivity contribution in [3.63, 3.8) is 0 Å². The molecule has 1 aromatic carbocycles. The minimum atomic E-state index is -0.0813. The Morgan fingerprint density at radius 1 is 1.23 bits per heavy atom. The smallest absolute Gasteiger partial charge is 0.204 e. The second-order valence-corrected chi connectivity index (χ2v) is 6.44. The maximum Gasteiger partial charge on any atom is 0.204 e. The van der Waals surface area contributed by atoms with Crippen molar-refractivity contribution in [3.8, 4) is 11.4 Å². The Labute approximate surface area is 136 Å². The van der Waals surface area contributed by atoms with Crippen molar-refractivity contribution < 1.29 is 4.79 Å². The molecule has 22 heavy (non-hydrogen) atoms. The van der Waals surface area contributed by atoms with Gasteiger partial charge >= 0.3 is 0 Å². The normalized spacial score (nSPS) is 10.8. The number of benzene rings is 1. The summed E-state index contributed by atoms with van der Waals surface area (Å²) in [4.78, 5) is 14.0. The number of carbonyl (C=O) groups is 1. The van der Waals surface area contributed by atoms with Crippen LogP contribution >= 0.6 is 22.9 Å². The van der Waals surface area contributed by atoms with Gasteiger partial charge in [-0.05, 0) is 29.3 Å². The standard InChI is InChI=1S/C15H13ClN4OS/c1-2-10-3-5-11(6-4-10)15-17-19-20(18-15)9-12(21)13-7-8-14(16)22-13/h3-8H,2,9H2,1H3. The summed E-state index contributed by atoms with van der Waals surface area (Å²) in [6.45, 7) is 2.16. The number of thiophene rings is 1. The topological polar surface area (TPSA) is 60.7 Å². The van der Waals surface area contributed by atoms with Gasteiger partial charge < -0.3 is 0 Å². The lowest BCUT2D eigenvalue weighted by Crippen LogP contribution is -2.12. The molecule has 3 aromatic rings. The van der Waals surface area contributed by atoms with E-state index >= 15 is 0 Å². The Morgan fingerprint density at radius 3 is 2.64 bits per heavy atom. The number of hydrogen-bond donors (Lipinski definition) is 0. The molecule has 2 heterocycles. The molecule has 0 atom stereocenters. The summed E-state index contributed by atoms with van der Waals surface area (Å²) in [6.07, 6.45) is 0.984. The first-order chi connectivity index (χ1) is 10.7. The van der Waals surface area contributed by atoms with Crippen LogP contribution in [0.15, 0.2) is 36.4 Å². The molecule has 112 valence electrons. The zero-order valence-corrected chi connectivity index (χ0v) is 13.4. The molecule has 0 aliphatic carbocycles. The van der Waals surface area contributed by atoms with E-state index < -0.39 is 0 Å². The molecule has 0 aliphatic heterocycles. The molecule has 2 aromatic heterocycles. The third-order valence-electron chi connectivity index (χ3n) is 3.21. The molecule has 5 nitrogen and oxygen atoms in total. The fraction of sp³-hybridized carbons (Fsp3) is 0.200. The Morgan fingerprint density at radius 2 is 2.00 bits per heavy atom. The second-order valence-electron chi connectivity index (χ2n) is 4.72. The van der Waals surface area contributed by atoms with E-state index in [0.717, 1.165) is 12.0 Å². The van der Waals surface area contributed by atoms with Gasteiger partial charge in [0, 0.05) is 5.56 Å². The summed E-state index contributed by atoms with van der Waals surface area (Å²) in [5.41, 5.74) is 2.14. The fourth-order valence-electron chi connectivity index (χ4n) is 1.99. The Hall–Kier alpha value is -2.05. The number of carbonyl (C=O) groups excluding carboxylic acids is 1. The summed E-state index contributed by atoms with van der Waals surface area (Å²) in [6, 6.07) is 11.4. The molecule has 7 heteroatoms. The predicted molar refractivity (Wildman–Crippen MR) is 86.3 cm³/mol. The maximum absolute atomic E-state index is 12.1. The molecule has 0 saturated heterocycles. The lowest BCUT2D eigenvalue weighted by molar-refractivity contribution is 0.0965. The molecule has 0 N–H and O–H groups in total. The van der Waals surface area contributed by atoms with E-state index in [4.69, 9.17) is 11.6 Å². The van der Waals surface area contributed by atoms with Gasteiger partial charge in [0.05, 0.1) is 9.21 Å². The molecular formula is C15H13ClN4OS. The van der Waals surface area contributed by atoms with Crippen LogP contribution in [0, 0.1) is 0 Å². The van der Waals surface area contributed by atoms with Gasteiger partial charge in [-0.1, -0.05) is 42.8 Å². The van der Waals surface area contributed by atoms with Crippen LogP contribution < -0.4 is 0 Å². The van der Waals surface area contributed by atoms with Crippen molar-refractivity contribution >= 4 is 28.7 Å². The molecule has 0 aliphatic rings. The lowest BCUT2D eigenvalue weighted by Gasteiger charge is -1.98. The van der Waals surface area contributed by atoms with Crippen molar-refractivity contribution in [2.24, 2.45) is 0 Å². The average molecular weight is 333 g/mol. The number of rotatable bonds is 5. The van der Waals surface area contributed by atoms with Crippen LogP contribution in [-0.4, -0.2) is 26.0 Å². The van der Waals surface area contributed by atoms with Crippen LogP contribution in [0.1, 0.15) is 22.2 Å². The van der Waals surface area contributed by atoms with E-state index in [9.17, 15) is 4.79 Å². The molecule has 0 bridgehead atoms. The van der Waals surface area contributed by atoms with E-state index in [1.54, 1.807) is 12.1 Å². The van der Waals surface area contributed by atoms with E-state index in [-0.39, 0.29) is 12.3 Å². The lowest BCUT2D eigenvalue weighted by atomic mass is 10.1. The quantitative estimate of drug-likeness (QED) is 0.671. The molecular weight excluding hydrogens is 320 g/mol. The zero-order chi connectivity index (χ0) is 15.5. The summed E-state index contributed by atoms with van der Waals surface area (Å²) < 4.78 is 0.589. The van der Waals surface area contributed by atoms with Crippen LogP contribution in [0.2, 0.25) is 4.34 Å². The van der Waals surface area contributed by atoms with Gasteiger partial charge in [0.25, 0.3) is 0 Å². The van der Waals surface area contributed by atoms with Gasteiger partial charge in [0.2, 0.25) is 5.82 Å². The van der Waals surface area contributed by atoms with Crippen LogP contribution in [-0.2, 0) is 13.0 Å². The predicted octanol–water partition coefficient (Wildman–Crippen LogP) is 3.50. The van der Waals surface area contributed by atoms with Gasteiger partial charge in [0.1, 0.15) is 6.54 Å². The van der Waals surface area contributed by atoms with Gasteiger partial charge in [-0.15, -0.1) is 21.5 Å². The minimum Gasteiger partial charge on any atom is -0.291 e. The van der Waals surface area contributed by atoms with Crippen LogP contribution in [0.5, 0.6) is 0 Å². The highest BCUT2D eigenvalue weighted by Crippen LogP contribution is 2.22.